The molecule has 0 aliphatic rings. The molecule has 3 rings (SSSR count). The second-order valence-electron chi connectivity index (χ2n) is 6.67. The highest BCUT2D eigenvalue weighted by Gasteiger charge is 2.10. The predicted molar refractivity (Wildman–Crippen MR) is 109 cm³/mol. The van der Waals surface area contributed by atoms with Gasteiger partial charge in [-0.3, -0.25) is 9.13 Å². The lowest BCUT2D eigenvalue weighted by atomic mass is 10.2. The Bertz CT molecular complexity index is 1010. The van der Waals surface area contributed by atoms with Crippen molar-refractivity contribution in [3.63, 3.8) is 0 Å². The fourth-order valence-electron chi connectivity index (χ4n) is 3.15. The fraction of sp³-hybridized carbons (Fsp3) is 0.381. The van der Waals surface area contributed by atoms with Gasteiger partial charge in [-0.05, 0) is 35.4 Å². The Balaban J connectivity index is 1.70. The Hall–Kier alpha value is -2.77. The summed E-state index contributed by atoms with van der Waals surface area (Å²) in [5, 5.41) is 3.31. The molecule has 0 fully saturated rings. The SMILES string of the molecule is COCCNCc1ccc(OCc2ccc3c(c2)n(C)c(=O)n3C)c(OC)c1. The molecule has 0 atom stereocenters. The third-order valence-electron chi connectivity index (χ3n) is 4.77. The molecule has 0 radical (unpaired) electrons. The number of nitrogens with zero attached hydrogens (tertiary/aromatic N) is 2. The Kier molecular flexibility index (Phi) is 6.38. The van der Waals surface area contributed by atoms with Crippen molar-refractivity contribution in [2.75, 3.05) is 27.4 Å². The average molecular weight is 385 g/mol. The van der Waals surface area contributed by atoms with E-state index in [0.29, 0.717) is 24.7 Å². The summed E-state index contributed by atoms with van der Waals surface area (Å²) in [6, 6.07) is 11.8. The molecule has 3 aromatic rings. The van der Waals surface area contributed by atoms with Crippen molar-refractivity contribution in [2.45, 2.75) is 13.2 Å². The largest absolute Gasteiger partial charge is 0.493 e. The van der Waals surface area contributed by atoms with Gasteiger partial charge in [-0.2, -0.15) is 0 Å². The Labute approximate surface area is 164 Å². The maximum atomic E-state index is 12.1. The number of rotatable bonds is 9. The molecule has 1 N–H and O–H groups in total. The van der Waals surface area contributed by atoms with Gasteiger partial charge in [-0.25, -0.2) is 4.79 Å². The molecule has 150 valence electrons. The first-order chi connectivity index (χ1) is 13.5. The third-order valence-corrected chi connectivity index (χ3v) is 4.77. The second kappa shape index (κ2) is 8.95. The van der Waals surface area contributed by atoms with Crippen molar-refractivity contribution in [2.24, 2.45) is 14.1 Å². The average Bonchev–Trinajstić information content (AvgIpc) is 2.93. The van der Waals surface area contributed by atoms with Crippen LogP contribution in [0.25, 0.3) is 11.0 Å². The summed E-state index contributed by atoms with van der Waals surface area (Å²) in [5.74, 6) is 1.38. The molecule has 0 bridgehead atoms. The fourth-order valence-corrected chi connectivity index (χ4v) is 3.15. The van der Waals surface area contributed by atoms with Crippen LogP contribution in [-0.2, 0) is 32.0 Å². The lowest BCUT2D eigenvalue weighted by Crippen LogP contribution is -2.19. The van der Waals surface area contributed by atoms with Crippen LogP contribution in [0.2, 0.25) is 0 Å². The summed E-state index contributed by atoms with van der Waals surface area (Å²) in [4.78, 5) is 12.1. The standard InChI is InChI=1S/C21H27N3O4/c1-23-17-7-5-16(11-18(17)24(2)21(23)25)14-28-19-8-6-15(12-20(19)27-4)13-22-9-10-26-3/h5-8,11-12,22H,9-10,13-14H2,1-4H3. The number of nitrogens with one attached hydrogen (secondary N) is 1. The first kappa shape index (κ1) is 20.0. The highest BCUT2D eigenvalue weighted by atomic mass is 16.5. The van der Waals surface area contributed by atoms with Gasteiger partial charge in [0.1, 0.15) is 6.61 Å². The topological polar surface area (TPSA) is 66.7 Å². The number of benzene rings is 2. The highest BCUT2D eigenvalue weighted by molar-refractivity contribution is 5.76. The minimum Gasteiger partial charge on any atom is -0.493 e. The number of hydrogen-bond donors (Lipinski definition) is 1. The molecular formula is C21H27N3O4. The molecule has 0 unspecified atom stereocenters. The van der Waals surface area contributed by atoms with Crippen LogP contribution in [0.4, 0.5) is 0 Å². The molecular weight excluding hydrogens is 358 g/mol. The summed E-state index contributed by atoms with van der Waals surface area (Å²) < 4.78 is 19.8. The van der Waals surface area contributed by atoms with Crippen molar-refractivity contribution in [1.29, 1.82) is 0 Å². The molecule has 0 spiro atoms. The molecule has 0 amide bonds. The first-order valence-corrected chi connectivity index (χ1v) is 9.19. The molecule has 0 saturated carbocycles. The minimum atomic E-state index is -0.0376. The number of imidazole rings is 1. The van der Waals surface area contributed by atoms with Gasteiger partial charge in [0, 0.05) is 34.3 Å². The van der Waals surface area contributed by atoms with E-state index in [4.69, 9.17) is 14.2 Å². The summed E-state index contributed by atoms with van der Waals surface area (Å²) in [6.07, 6.45) is 0. The van der Waals surface area contributed by atoms with E-state index in [0.717, 1.165) is 35.2 Å². The zero-order valence-electron chi connectivity index (χ0n) is 16.8. The predicted octanol–water partition coefficient (Wildman–Crippen LogP) is 2.20. The van der Waals surface area contributed by atoms with Crippen molar-refractivity contribution in [3.8, 4) is 11.5 Å². The van der Waals surface area contributed by atoms with Gasteiger partial charge < -0.3 is 19.5 Å². The smallest absolute Gasteiger partial charge is 0.328 e. The van der Waals surface area contributed by atoms with Gasteiger partial charge in [0.15, 0.2) is 11.5 Å². The second-order valence-corrected chi connectivity index (χ2v) is 6.67. The highest BCUT2D eigenvalue weighted by Crippen LogP contribution is 2.29. The van der Waals surface area contributed by atoms with E-state index in [1.807, 2.05) is 36.4 Å². The Morgan fingerprint density at radius 2 is 1.68 bits per heavy atom. The Morgan fingerprint density at radius 1 is 0.929 bits per heavy atom. The molecule has 0 aliphatic carbocycles. The molecule has 2 aromatic carbocycles. The number of aryl methyl sites for hydroxylation is 2. The molecule has 7 nitrogen and oxygen atoms in total. The van der Waals surface area contributed by atoms with Crippen molar-refractivity contribution in [3.05, 3.63) is 58.0 Å². The van der Waals surface area contributed by atoms with Gasteiger partial charge in [0.2, 0.25) is 0 Å². The van der Waals surface area contributed by atoms with Gasteiger partial charge in [0.25, 0.3) is 0 Å². The summed E-state index contributed by atoms with van der Waals surface area (Å²) in [7, 11) is 6.87. The van der Waals surface area contributed by atoms with Crippen molar-refractivity contribution in [1.82, 2.24) is 14.5 Å². The number of fused-ring (bicyclic) bond motifs is 1. The van der Waals surface area contributed by atoms with Crippen LogP contribution < -0.4 is 20.5 Å². The van der Waals surface area contributed by atoms with Crippen LogP contribution in [0.1, 0.15) is 11.1 Å². The lowest BCUT2D eigenvalue weighted by molar-refractivity contribution is 0.199. The molecule has 0 aliphatic heterocycles. The molecule has 1 heterocycles. The number of aromatic nitrogens is 2. The number of ether oxygens (including phenoxy) is 3. The van der Waals surface area contributed by atoms with Gasteiger partial charge in [-0.15, -0.1) is 0 Å². The number of hydrogen-bond acceptors (Lipinski definition) is 5. The molecule has 1 aromatic heterocycles. The van der Waals surface area contributed by atoms with E-state index in [1.54, 1.807) is 37.4 Å². The van der Waals surface area contributed by atoms with Crippen LogP contribution in [-0.4, -0.2) is 36.5 Å². The Morgan fingerprint density at radius 3 is 2.43 bits per heavy atom. The quantitative estimate of drug-likeness (QED) is 0.572. The van der Waals surface area contributed by atoms with E-state index >= 15 is 0 Å². The zero-order chi connectivity index (χ0) is 20.1. The van der Waals surface area contributed by atoms with E-state index in [9.17, 15) is 4.79 Å². The van der Waals surface area contributed by atoms with E-state index in [1.165, 1.54) is 0 Å². The van der Waals surface area contributed by atoms with Crippen molar-refractivity contribution < 1.29 is 14.2 Å². The van der Waals surface area contributed by atoms with Gasteiger partial charge in [-0.1, -0.05) is 12.1 Å². The van der Waals surface area contributed by atoms with Crippen LogP contribution in [0.15, 0.2) is 41.2 Å². The third kappa shape index (κ3) is 4.21. The minimum absolute atomic E-state index is 0.0376. The van der Waals surface area contributed by atoms with Crippen LogP contribution >= 0.6 is 0 Å². The summed E-state index contributed by atoms with van der Waals surface area (Å²) >= 11 is 0. The van der Waals surface area contributed by atoms with Crippen LogP contribution in [0.5, 0.6) is 11.5 Å². The van der Waals surface area contributed by atoms with Crippen LogP contribution in [0.3, 0.4) is 0 Å². The maximum absolute atomic E-state index is 12.1. The monoisotopic (exact) mass is 385 g/mol. The van der Waals surface area contributed by atoms with Crippen molar-refractivity contribution >= 4 is 11.0 Å². The molecule has 28 heavy (non-hydrogen) atoms. The van der Waals surface area contributed by atoms with E-state index in [-0.39, 0.29) is 5.69 Å². The molecule has 0 saturated heterocycles. The van der Waals surface area contributed by atoms with Gasteiger partial charge >= 0.3 is 5.69 Å². The molecule has 7 heteroatoms. The normalized spacial score (nSPS) is 11.1. The summed E-state index contributed by atoms with van der Waals surface area (Å²) in [6.45, 7) is 2.59. The van der Waals surface area contributed by atoms with Crippen LogP contribution in [0, 0.1) is 0 Å². The summed E-state index contributed by atoms with van der Waals surface area (Å²) in [5.41, 5.74) is 3.85. The van der Waals surface area contributed by atoms with Gasteiger partial charge in [0.05, 0.1) is 24.8 Å². The number of methoxy groups -OCH3 is 2. The maximum Gasteiger partial charge on any atom is 0.328 e. The van der Waals surface area contributed by atoms with E-state index in [2.05, 4.69) is 5.32 Å². The first-order valence-electron chi connectivity index (χ1n) is 9.19. The lowest BCUT2D eigenvalue weighted by Gasteiger charge is -2.13. The van der Waals surface area contributed by atoms with E-state index < -0.39 is 0 Å². The zero-order valence-corrected chi connectivity index (χ0v) is 16.8.